The van der Waals surface area contributed by atoms with E-state index in [2.05, 4.69) is 25.1 Å². The zero-order chi connectivity index (χ0) is 8.81. The van der Waals surface area contributed by atoms with Crippen LogP contribution in [0.1, 0.15) is 26.2 Å². The Morgan fingerprint density at radius 2 is 2.33 bits per heavy atom. The lowest BCUT2D eigenvalue weighted by molar-refractivity contribution is 1.01. The van der Waals surface area contributed by atoms with Crippen LogP contribution in [0.2, 0.25) is 0 Å². The molecule has 0 spiro atoms. The fraction of sp³-hybridized carbons (Fsp3) is 0.364. The van der Waals surface area contributed by atoms with E-state index in [1.807, 2.05) is 12.2 Å². The molecule has 1 aliphatic carbocycles. The van der Waals surface area contributed by atoms with Gasteiger partial charge < -0.3 is 0 Å². The highest BCUT2D eigenvalue weighted by atomic mass is 14.2. The lowest BCUT2D eigenvalue weighted by atomic mass is 10.0. The molecule has 0 aromatic heterocycles. The van der Waals surface area contributed by atoms with Crippen LogP contribution in [0.15, 0.2) is 35.5 Å². The minimum atomic E-state index is 0.766. The molecule has 1 nitrogen and oxygen atoms in total. The average molecular weight is 159 g/mol. The number of allylic oxidation sites excluding steroid dienone is 6. The van der Waals surface area contributed by atoms with Crippen LogP contribution in [-0.2, 0) is 0 Å². The Bertz CT molecular complexity index is 274. The van der Waals surface area contributed by atoms with Gasteiger partial charge in [0.15, 0.2) is 0 Å². The average Bonchev–Trinajstić information content (AvgIpc) is 2.05. The third-order valence-corrected chi connectivity index (χ3v) is 1.92. The molecule has 0 saturated carbocycles. The largest absolute Gasteiger partial charge is 0.192 e. The Kier molecular flexibility index (Phi) is 3.35. The molecule has 1 heteroatoms. The zero-order valence-electron chi connectivity index (χ0n) is 7.38. The summed E-state index contributed by atoms with van der Waals surface area (Å²) < 4.78 is 0. The minimum Gasteiger partial charge on any atom is -0.192 e. The number of hydrogen-bond acceptors (Lipinski definition) is 1. The van der Waals surface area contributed by atoms with Gasteiger partial charge in [0.25, 0.3) is 0 Å². The van der Waals surface area contributed by atoms with Crippen LogP contribution < -0.4 is 0 Å². The van der Waals surface area contributed by atoms with Crippen molar-refractivity contribution >= 4 is 0 Å². The second-order valence-corrected chi connectivity index (χ2v) is 2.82. The van der Waals surface area contributed by atoms with Crippen molar-refractivity contribution < 1.29 is 0 Å². The fourth-order valence-electron chi connectivity index (χ4n) is 1.20. The van der Waals surface area contributed by atoms with Crippen molar-refractivity contribution in [3.8, 4) is 6.07 Å². The number of hydrogen-bond donors (Lipinski definition) is 0. The first-order valence-electron chi connectivity index (χ1n) is 4.34. The minimum absolute atomic E-state index is 0.766. The molecule has 0 N–H and O–H groups in total. The van der Waals surface area contributed by atoms with Crippen molar-refractivity contribution in [3.63, 3.8) is 0 Å². The highest BCUT2D eigenvalue weighted by Crippen LogP contribution is 2.13. The maximum absolute atomic E-state index is 8.72. The van der Waals surface area contributed by atoms with Crippen molar-refractivity contribution in [2.24, 2.45) is 0 Å². The molecule has 0 saturated heterocycles. The number of nitrogens with zero attached hydrogens (tertiary/aromatic N) is 1. The predicted molar refractivity (Wildman–Crippen MR) is 50.4 cm³/mol. The second kappa shape index (κ2) is 4.56. The second-order valence-electron chi connectivity index (χ2n) is 2.82. The van der Waals surface area contributed by atoms with Crippen LogP contribution in [0.25, 0.3) is 0 Å². The monoisotopic (exact) mass is 159 g/mol. The van der Waals surface area contributed by atoms with E-state index in [4.69, 9.17) is 5.26 Å². The van der Waals surface area contributed by atoms with Crippen LogP contribution in [0.4, 0.5) is 0 Å². The van der Waals surface area contributed by atoms with Crippen LogP contribution in [0.5, 0.6) is 0 Å². The van der Waals surface area contributed by atoms with E-state index in [0.717, 1.165) is 24.8 Å². The van der Waals surface area contributed by atoms with E-state index in [9.17, 15) is 0 Å². The third-order valence-electron chi connectivity index (χ3n) is 1.92. The first-order chi connectivity index (χ1) is 5.86. The maximum atomic E-state index is 8.72. The Hall–Kier alpha value is -1.29. The van der Waals surface area contributed by atoms with Gasteiger partial charge in [0.05, 0.1) is 11.6 Å². The first kappa shape index (κ1) is 8.80. The molecule has 0 atom stereocenters. The van der Waals surface area contributed by atoms with Gasteiger partial charge in [0.1, 0.15) is 0 Å². The summed E-state index contributed by atoms with van der Waals surface area (Å²) in [7, 11) is 0. The molecule has 12 heavy (non-hydrogen) atoms. The Balaban J connectivity index is 2.89. The standard InChI is InChI=1S/C11H13N/c1-2-10-6-4-3-5-7-11(8-10)9-12/h5-8H,2-4H2,1H3/b7-5+,10-6-,11-8+. The van der Waals surface area contributed by atoms with Gasteiger partial charge in [-0.2, -0.15) is 5.26 Å². The van der Waals surface area contributed by atoms with E-state index in [-0.39, 0.29) is 0 Å². The molecule has 1 rings (SSSR count). The Morgan fingerprint density at radius 3 is 3.00 bits per heavy atom. The summed E-state index contributed by atoms with van der Waals surface area (Å²) in [4.78, 5) is 0. The summed E-state index contributed by atoms with van der Waals surface area (Å²) in [6, 6.07) is 2.17. The molecule has 0 aromatic carbocycles. The first-order valence-corrected chi connectivity index (χ1v) is 4.34. The molecule has 1 aliphatic rings. The van der Waals surface area contributed by atoms with Gasteiger partial charge in [-0.3, -0.25) is 0 Å². The lowest BCUT2D eigenvalue weighted by Gasteiger charge is -2.00. The van der Waals surface area contributed by atoms with E-state index < -0.39 is 0 Å². The normalized spacial score (nSPS) is 28.3. The SMILES string of the molecule is CCC1=C/CC/C=C/C(C#N)=C\1. The quantitative estimate of drug-likeness (QED) is 0.576. The highest BCUT2D eigenvalue weighted by Gasteiger charge is 1.95. The molecule has 0 aromatic rings. The lowest BCUT2D eigenvalue weighted by Crippen LogP contribution is -1.83. The van der Waals surface area contributed by atoms with E-state index in [0.29, 0.717) is 0 Å². The van der Waals surface area contributed by atoms with Crippen LogP contribution >= 0.6 is 0 Å². The molecule has 62 valence electrons. The van der Waals surface area contributed by atoms with Crippen LogP contribution in [-0.4, -0.2) is 0 Å². The van der Waals surface area contributed by atoms with Crippen LogP contribution in [0, 0.1) is 11.3 Å². The van der Waals surface area contributed by atoms with Gasteiger partial charge in [0.2, 0.25) is 0 Å². The van der Waals surface area contributed by atoms with Gasteiger partial charge in [0, 0.05) is 0 Å². The summed E-state index contributed by atoms with van der Waals surface area (Å²) in [6.45, 7) is 2.11. The fourth-order valence-corrected chi connectivity index (χ4v) is 1.20. The summed E-state index contributed by atoms with van der Waals surface area (Å²) in [5.41, 5.74) is 2.04. The van der Waals surface area contributed by atoms with Gasteiger partial charge in [-0.15, -0.1) is 0 Å². The van der Waals surface area contributed by atoms with Gasteiger partial charge >= 0.3 is 0 Å². The number of rotatable bonds is 1. The summed E-state index contributed by atoms with van der Waals surface area (Å²) >= 11 is 0. The molecule has 0 heterocycles. The Labute approximate surface area is 73.7 Å². The van der Waals surface area contributed by atoms with Crippen molar-refractivity contribution in [2.75, 3.05) is 0 Å². The van der Waals surface area contributed by atoms with E-state index in [1.54, 1.807) is 0 Å². The molecular formula is C11H13N. The van der Waals surface area contributed by atoms with Crippen molar-refractivity contribution in [3.05, 3.63) is 35.5 Å². The summed E-state index contributed by atoms with van der Waals surface area (Å²) in [5, 5.41) is 8.72. The molecule has 0 amide bonds. The molecule has 0 aliphatic heterocycles. The smallest absolute Gasteiger partial charge is 0.0991 e. The van der Waals surface area contributed by atoms with Gasteiger partial charge in [-0.05, 0) is 31.4 Å². The Morgan fingerprint density at radius 1 is 1.50 bits per heavy atom. The third kappa shape index (κ3) is 2.39. The highest BCUT2D eigenvalue weighted by molar-refractivity contribution is 5.40. The summed E-state index contributed by atoms with van der Waals surface area (Å²) in [6.07, 6.45) is 11.3. The maximum Gasteiger partial charge on any atom is 0.0991 e. The molecule has 0 bridgehead atoms. The van der Waals surface area contributed by atoms with Crippen LogP contribution in [0.3, 0.4) is 0 Å². The molecule has 0 radical (unpaired) electrons. The molecule has 0 fully saturated rings. The van der Waals surface area contributed by atoms with Gasteiger partial charge in [-0.1, -0.05) is 24.6 Å². The van der Waals surface area contributed by atoms with Crippen molar-refractivity contribution in [2.45, 2.75) is 26.2 Å². The summed E-state index contributed by atoms with van der Waals surface area (Å²) in [5.74, 6) is 0. The number of nitriles is 1. The predicted octanol–water partition coefficient (Wildman–Crippen LogP) is 3.12. The molecule has 0 unspecified atom stereocenters. The zero-order valence-corrected chi connectivity index (χ0v) is 7.38. The molecular weight excluding hydrogens is 146 g/mol. The topological polar surface area (TPSA) is 23.8 Å². The van der Waals surface area contributed by atoms with E-state index >= 15 is 0 Å². The van der Waals surface area contributed by atoms with Crippen molar-refractivity contribution in [1.29, 1.82) is 5.26 Å². The van der Waals surface area contributed by atoms with Gasteiger partial charge in [-0.25, -0.2) is 0 Å². The van der Waals surface area contributed by atoms with Crippen molar-refractivity contribution in [1.82, 2.24) is 0 Å². The van der Waals surface area contributed by atoms with E-state index in [1.165, 1.54) is 5.57 Å².